The third-order valence-electron chi connectivity index (χ3n) is 4.64. The molecule has 3 aromatic rings. The monoisotopic (exact) mass is 407 g/mol. The fourth-order valence-corrected chi connectivity index (χ4v) is 4.30. The molecule has 4 rings (SSSR count). The Morgan fingerprint density at radius 3 is 2.41 bits per heavy atom. The van der Waals surface area contributed by atoms with Crippen molar-refractivity contribution < 1.29 is 17.9 Å². The molecule has 0 aliphatic carbocycles. The van der Waals surface area contributed by atoms with Gasteiger partial charge >= 0.3 is 0 Å². The highest BCUT2D eigenvalue weighted by molar-refractivity contribution is 7.89. The molecular formula is C23H21NO4S. The number of hydrogen-bond donors (Lipinski definition) is 0. The van der Waals surface area contributed by atoms with Gasteiger partial charge in [-0.1, -0.05) is 54.1 Å². The van der Waals surface area contributed by atoms with E-state index in [1.165, 1.54) is 4.31 Å². The van der Waals surface area contributed by atoms with Crippen LogP contribution in [0.5, 0.6) is 11.5 Å². The van der Waals surface area contributed by atoms with Crippen molar-refractivity contribution in [1.29, 1.82) is 0 Å². The SMILES string of the molecule is Cc1ccc(S(=O)(=O)N(/C=C/c2ccc3c(c2)OCO3)Cc2ccccc2)cc1. The Balaban J connectivity index is 1.67. The van der Waals surface area contributed by atoms with Crippen molar-refractivity contribution in [1.82, 2.24) is 4.31 Å². The van der Waals surface area contributed by atoms with Crippen LogP contribution in [-0.2, 0) is 16.6 Å². The summed E-state index contributed by atoms with van der Waals surface area (Å²) in [5.41, 5.74) is 2.74. The molecule has 6 heteroatoms. The van der Waals surface area contributed by atoms with E-state index in [1.54, 1.807) is 36.5 Å². The molecule has 0 saturated carbocycles. The van der Waals surface area contributed by atoms with E-state index in [0.717, 1.165) is 16.7 Å². The Morgan fingerprint density at radius 1 is 0.931 bits per heavy atom. The molecule has 0 bridgehead atoms. The molecule has 0 unspecified atom stereocenters. The molecule has 0 fully saturated rings. The number of sulfonamides is 1. The standard InChI is InChI=1S/C23H21NO4S/c1-18-7-10-21(11-8-18)29(25,26)24(16-20-5-3-2-4-6-20)14-13-19-9-12-22-23(15-19)28-17-27-22/h2-15H,16-17H2,1H3/b14-13+. The molecule has 3 aromatic carbocycles. The molecule has 0 N–H and O–H groups in total. The lowest BCUT2D eigenvalue weighted by Gasteiger charge is -2.21. The summed E-state index contributed by atoms with van der Waals surface area (Å²) in [4.78, 5) is 0.259. The van der Waals surface area contributed by atoms with Crippen molar-refractivity contribution in [2.24, 2.45) is 0 Å². The van der Waals surface area contributed by atoms with Crippen LogP contribution in [0.4, 0.5) is 0 Å². The van der Waals surface area contributed by atoms with Gasteiger partial charge in [0.1, 0.15) is 0 Å². The second kappa shape index (κ2) is 8.01. The van der Waals surface area contributed by atoms with Crippen LogP contribution < -0.4 is 9.47 Å². The third-order valence-corrected chi connectivity index (χ3v) is 6.37. The van der Waals surface area contributed by atoms with Crippen LogP contribution in [-0.4, -0.2) is 19.5 Å². The van der Waals surface area contributed by atoms with E-state index >= 15 is 0 Å². The van der Waals surface area contributed by atoms with Crippen molar-refractivity contribution in [3.05, 3.63) is 95.7 Å². The molecule has 0 atom stereocenters. The zero-order valence-electron chi connectivity index (χ0n) is 16.0. The fraction of sp³-hybridized carbons (Fsp3) is 0.130. The van der Waals surface area contributed by atoms with Gasteiger partial charge in [0.25, 0.3) is 10.0 Å². The summed E-state index contributed by atoms with van der Waals surface area (Å²) in [5.74, 6) is 1.35. The molecule has 1 heterocycles. The normalized spacial score (nSPS) is 13.0. The maximum Gasteiger partial charge on any atom is 0.264 e. The van der Waals surface area contributed by atoms with Gasteiger partial charge in [-0.3, -0.25) is 4.31 Å². The molecule has 0 saturated heterocycles. The molecule has 0 radical (unpaired) electrons. The average molecular weight is 407 g/mol. The van der Waals surface area contributed by atoms with E-state index in [-0.39, 0.29) is 18.2 Å². The number of nitrogens with zero attached hydrogens (tertiary/aromatic N) is 1. The van der Waals surface area contributed by atoms with Crippen molar-refractivity contribution >= 4 is 16.1 Å². The zero-order valence-corrected chi connectivity index (χ0v) is 16.8. The summed E-state index contributed by atoms with van der Waals surface area (Å²) in [6.45, 7) is 2.36. The largest absolute Gasteiger partial charge is 0.454 e. The smallest absolute Gasteiger partial charge is 0.264 e. The quantitative estimate of drug-likeness (QED) is 0.600. The van der Waals surface area contributed by atoms with E-state index in [2.05, 4.69) is 0 Å². The second-order valence-electron chi connectivity index (χ2n) is 6.78. The van der Waals surface area contributed by atoms with Gasteiger partial charge in [0.05, 0.1) is 11.4 Å². The molecule has 5 nitrogen and oxygen atoms in total. The molecule has 0 aromatic heterocycles. The predicted octanol–water partition coefficient (Wildman–Crippen LogP) is 4.59. The first-order valence-corrected chi connectivity index (χ1v) is 10.7. The summed E-state index contributed by atoms with van der Waals surface area (Å²) >= 11 is 0. The summed E-state index contributed by atoms with van der Waals surface area (Å²) in [5, 5.41) is 0. The number of ether oxygens (including phenoxy) is 2. The molecule has 29 heavy (non-hydrogen) atoms. The minimum absolute atomic E-state index is 0.199. The molecule has 1 aliphatic heterocycles. The first-order chi connectivity index (χ1) is 14.0. The van der Waals surface area contributed by atoms with E-state index in [1.807, 2.05) is 55.5 Å². The van der Waals surface area contributed by atoms with Crippen LogP contribution in [0.3, 0.4) is 0 Å². The number of aryl methyl sites for hydroxylation is 1. The van der Waals surface area contributed by atoms with Gasteiger partial charge in [0, 0.05) is 6.20 Å². The van der Waals surface area contributed by atoms with Crippen LogP contribution in [0.15, 0.2) is 83.9 Å². The van der Waals surface area contributed by atoms with E-state index < -0.39 is 10.0 Å². The topological polar surface area (TPSA) is 55.8 Å². The molecule has 0 spiro atoms. The van der Waals surface area contributed by atoms with Crippen LogP contribution in [0.1, 0.15) is 16.7 Å². The summed E-state index contributed by atoms with van der Waals surface area (Å²) in [7, 11) is -3.71. The summed E-state index contributed by atoms with van der Waals surface area (Å²) in [6.07, 6.45) is 3.36. The van der Waals surface area contributed by atoms with E-state index in [0.29, 0.717) is 11.5 Å². The van der Waals surface area contributed by atoms with E-state index in [4.69, 9.17) is 9.47 Å². The van der Waals surface area contributed by atoms with Gasteiger partial charge in [-0.15, -0.1) is 0 Å². The third kappa shape index (κ3) is 4.27. The maximum atomic E-state index is 13.3. The minimum atomic E-state index is -3.71. The summed E-state index contributed by atoms with van der Waals surface area (Å²) in [6, 6.07) is 21.9. The van der Waals surface area contributed by atoms with Gasteiger partial charge < -0.3 is 9.47 Å². The van der Waals surface area contributed by atoms with Crippen molar-refractivity contribution in [3.63, 3.8) is 0 Å². The lowest BCUT2D eigenvalue weighted by molar-refractivity contribution is 0.174. The fourth-order valence-electron chi connectivity index (χ4n) is 3.01. The van der Waals surface area contributed by atoms with Gasteiger partial charge in [-0.05, 0) is 48.4 Å². The first kappa shape index (κ1) is 19.1. The molecule has 1 aliphatic rings. The van der Waals surface area contributed by atoms with Crippen LogP contribution >= 0.6 is 0 Å². The van der Waals surface area contributed by atoms with E-state index in [9.17, 15) is 8.42 Å². The average Bonchev–Trinajstić information content (AvgIpc) is 3.20. The summed E-state index contributed by atoms with van der Waals surface area (Å²) < 4.78 is 38.7. The van der Waals surface area contributed by atoms with Crippen LogP contribution in [0, 0.1) is 6.92 Å². The number of fused-ring (bicyclic) bond motifs is 1. The van der Waals surface area contributed by atoms with Crippen LogP contribution in [0.2, 0.25) is 0 Å². The van der Waals surface area contributed by atoms with Crippen molar-refractivity contribution in [3.8, 4) is 11.5 Å². The second-order valence-corrected chi connectivity index (χ2v) is 8.67. The highest BCUT2D eigenvalue weighted by Gasteiger charge is 2.22. The Kier molecular flexibility index (Phi) is 5.27. The highest BCUT2D eigenvalue weighted by Crippen LogP contribution is 2.33. The Labute approximate surface area is 170 Å². The lowest BCUT2D eigenvalue weighted by atomic mass is 10.2. The van der Waals surface area contributed by atoms with Crippen molar-refractivity contribution in [2.45, 2.75) is 18.4 Å². The van der Waals surface area contributed by atoms with Gasteiger partial charge in [-0.25, -0.2) is 8.42 Å². The minimum Gasteiger partial charge on any atom is -0.454 e. The van der Waals surface area contributed by atoms with Crippen molar-refractivity contribution in [2.75, 3.05) is 6.79 Å². The highest BCUT2D eigenvalue weighted by atomic mass is 32.2. The molecule has 0 amide bonds. The Bertz CT molecular complexity index is 1120. The molecular weight excluding hydrogens is 386 g/mol. The number of benzene rings is 3. The molecule has 148 valence electrons. The number of rotatable bonds is 6. The predicted molar refractivity (Wildman–Crippen MR) is 112 cm³/mol. The Morgan fingerprint density at radius 2 is 1.66 bits per heavy atom. The first-order valence-electron chi connectivity index (χ1n) is 9.23. The zero-order chi connectivity index (χ0) is 20.3. The maximum absolute atomic E-state index is 13.3. The van der Waals surface area contributed by atoms with Crippen LogP contribution in [0.25, 0.3) is 6.08 Å². The number of hydrogen-bond acceptors (Lipinski definition) is 4. The Hall–Kier alpha value is -3.25. The lowest BCUT2D eigenvalue weighted by Crippen LogP contribution is -2.25. The van der Waals surface area contributed by atoms with Gasteiger partial charge in [0.2, 0.25) is 6.79 Å². The van der Waals surface area contributed by atoms with Gasteiger partial charge in [-0.2, -0.15) is 0 Å². The van der Waals surface area contributed by atoms with Gasteiger partial charge in [0.15, 0.2) is 11.5 Å².